The summed E-state index contributed by atoms with van der Waals surface area (Å²) in [4.78, 5) is 0. The largest absolute Gasteiger partial charge is 0.484 e. The lowest BCUT2D eigenvalue weighted by Gasteiger charge is -2.27. The lowest BCUT2D eigenvalue weighted by Crippen LogP contribution is -2.31. The Kier molecular flexibility index (Phi) is 6.74. The molecule has 2 aromatic carbocycles. The van der Waals surface area contributed by atoms with Crippen LogP contribution in [0.4, 0.5) is 13.2 Å². The van der Waals surface area contributed by atoms with Gasteiger partial charge in [-0.25, -0.2) is 0 Å². The van der Waals surface area contributed by atoms with Crippen LogP contribution in [-0.4, -0.2) is 6.54 Å². The minimum atomic E-state index is -4.32. The third-order valence-corrected chi connectivity index (χ3v) is 3.51. The van der Waals surface area contributed by atoms with E-state index in [0.29, 0.717) is 12.3 Å². The maximum absolute atomic E-state index is 12.5. The van der Waals surface area contributed by atoms with E-state index in [1.54, 1.807) is 0 Å². The van der Waals surface area contributed by atoms with Crippen molar-refractivity contribution in [1.82, 2.24) is 5.32 Å². The van der Waals surface area contributed by atoms with Gasteiger partial charge < -0.3 is 10.1 Å². The van der Waals surface area contributed by atoms with Crippen LogP contribution in [0.1, 0.15) is 22.8 Å². The summed E-state index contributed by atoms with van der Waals surface area (Å²) in [7, 11) is 0. The quantitative estimate of drug-likeness (QED) is 0.827. The van der Waals surface area contributed by atoms with E-state index in [1.807, 2.05) is 24.3 Å². The van der Waals surface area contributed by atoms with Crippen LogP contribution in [0.15, 0.2) is 48.5 Å². The molecular weight excluding hydrogens is 350 g/mol. The van der Waals surface area contributed by atoms with Crippen molar-refractivity contribution < 1.29 is 17.9 Å². The molecule has 1 atom stereocenters. The summed E-state index contributed by atoms with van der Waals surface area (Å²) in [5.74, 6) is 0.437. The average molecular weight is 366 g/mol. The second-order valence-corrected chi connectivity index (χ2v) is 4.96. The number of rotatable bonds is 2. The summed E-state index contributed by atoms with van der Waals surface area (Å²) in [5, 5.41) is 3.24. The number of benzene rings is 2. The summed E-state index contributed by atoms with van der Waals surface area (Å²) < 4.78 is 43.4. The van der Waals surface area contributed by atoms with Crippen LogP contribution in [0.3, 0.4) is 0 Å². The van der Waals surface area contributed by atoms with Crippen molar-refractivity contribution in [3.8, 4) is 5.75 Å². The molecule has 0 saturated carbocycles. The van der Waals surface area contributed by atoms with Gasteiger partial charge in [0, 0.05) is 13.1 Å². The molecule has 0 bridgehead atoms. The molecule has 23 heavy (non-hydrogen) atoms. The molecule has 0 spiro atoms. The van der Waals surface area contributed by atoms with E-state index in [9.17, 15) is 13.2 Å². The van der Waals surface area contributed by atoms with Gasteiger partial charge in [0.25, 0.3) is 0 Å². The van der Waals surface area contributed by atoms with Gasteiger partial charge in [-0.15, -0.1) is 24.8 Å². The van der Waals surface area contributed by atoms with Crippen molar-refractivity contribution in [1.29, 1.82) is 0 Å². The third kappa shape index (κ3) is 4.53. The number of nitrogens with one attached hydrogen (secondary N) is 1. The second kappa shape index (κ2) is 7.90. The van der Waals surface area contributed by atoms with Crippen LogP contribution >= 0.6 is 24.8 Å². The molecule has 1 aliphatic heterocycles. The highest BCUT2D eigenvalue weighted by Gasteiger charge is 2.30. The number of ether oxygens (including phenoxy) is 1. The first-order valence-corrected chi connectivity index (χ1v) is 6.66. The first kappa shape index (κ1) is 19.6. The predicted molar refractivity (Wildman–Crippen MR) is 87.5 cm³/mol. The van der Waals surface area contributed by atoms with Gasteiger partial charge in [0.1, 0.15) is 11.9 Å². The Bertz CT molecular complexity index is 632. The zero-order valence-electron chi connectivity index (χ0n) is 12.0. The molecule has 1 N–H and O–H groups in total. The van der Waals surface area contributed by atoms with E-state index in [4.69, 9.17) is 4.74 Å². The van der Waals surface area contributed by atoms with Crippen LogP contribution in [0.5, 0.6) is 5.75 Å². The highest BCUT2D eigenvalue weighted by molar-refractivity contribution is 5.85. The maximum atomic E-state index is 12.5. The van der Waals surface area contributed by atoms with Crippen molar-refractivity contribution in [3.63, 3.8) is 0 Å². The molecule has 3 rings (SSSR count). The molecule has 2 aromatic rings. The molecule has 1 aliphatic rings. The smallest absolute Gasteiger partial charge is 0.416 e. The fourth-order valence-corrected chi connectivity index (χ4v) is 2.45. The summed E-state index contributed by atoms with van der Waals surface area (Å²) in [6, 6.07) is 12.7. The fraction of sp³-hybridized carbons (Fsp3) is 0.250. The first-order chi connectivity index (χ1) is 10.0. The molecule has 7 heteroatoms. The van der Waals surface area contributed by atoms with Crippen molar-refractivity contribution in [2.45, 2.75) is 18.8 Å². The van der Waals surface area contributed by atoms with Crippen LogP contribution in [0, 0.1) is 0 Å². The highest BCUT2D eigenvalue weighted by atomic mass is 35.5. The minimum absolute atomic E-state index is 0. The molecule has 0 amide bonds. The standard InChI is InChI=1S/C16H14F3NO.2ClH/c17-16(18,19)12-5-7-13(8-6-12)21-15-10-20-9-11-3-1-2-4-14(11)15;;/h1-8,15,20H,9-10H2;2*1H. The lowest BCUT2D eigenvalue weighted by atomic mass is 9.99. The number of halogens is 5. The summed E-state index contributed by atoms with van der Waals surface area (Å²) in [6.07, 6.45) is -4.51. The van der Waals surface area contributed by atoms with E-state index in [2.05, 4.69) is 5.32 Å². The van der Waals surface area contributed by atoms with E-state index in [-0.39, 0.29) is 30.9 Å². The molecule has 126 valence electrons. The summed E-state index contributed by atoms with van der Waals surface area (Å²) in [5.41, 5.74) is 1.56. The summed E-state index contributed by atoms with van der Waals surface area (Å²) >= 11 is 0. The molecule has 0 aromatic heterocycles. The van der Waals surface area contributed by atoms with E-state index < -0.39 is 11.7 Å². The zero-order valence-corrected chi connectivity index (χ0v) is 13.6. The first-order valence-electron chi connectivity index (χ1n) is 6.66. The Morgan fingerprint density at radius 2 is 1.61 bits per heavy atom. The molecule has 0 aliphatic carbocycles. The topological polar surface area (TPSA) is 21.3 Å². The van der Waals surface area contributed by atoms with Gasteiger partial charge in [-0.05, 0) is 35.4 Å². The molecule has 0 fully saturated rings. The Balaban J connectivity index is 0.00000132. The SMILES string of the molecule is Cl.Cl.FC(F)(F)c1ccc(OC2CNCc3ccccc32)cc1. The van der Waals surface area contributed by atoms with Crippen LogP contribution in [-0.2, 0) is 12.7 Å². The van der Waals surface area contributed by atoms with Crippen molar-refractivity contribution in [3.05, 3.63) is 65.2 Å². The van der Waals surface area contributed by atoms with Crippen molar-refractivity contribution >= 4 is 24.8 Å². The number of hydrogen-bond acceptors (Lipinski definition) is 2. The maximum Gasteiger partial charge on any atom is 0.416 e. The monoisotopic (exact) mass is 365 g/mol. The lowest BCUT2D eigenvalue weighted by molar-refractivity contribution is -0.137. The molecular formula is C16H16Cl2F3NO. The van der Waals surface area contributed by atoms with Crippen LogP contribution < -0.4 is 10.1 Å². The molecule has 0 saturated heterocycles. The second-order valence-electron chi connectivity index (χ2n) is 4.96. The van der Waals surface area contributed by atoms with Crippen molar-refractivity contribution in [2.75, 3.05) is 6.54 Å². The number of fused-ring (bicyclic) bond motifs is 1. The molecule has 1 unspecified atom stereocenters. The minimum Gasteiger partial charge on any atom is -0.484 e. The van der Waals surface area contributed by atoms with Gasteiger partial charge in [-0.1, -0.05) is 24.3 Å². The van der Waals surface area contributed by atoms with E-state index in [0.717, 1.165) is 29.8 Å². The van der Waals surface area contributed by atoms with Gasteiger partial charge >= 0.3 is 6.18 Å². The summed E-state index contributed by atoms with van der Waals surface area (Å²) in [6.45, 7) is 1.42. The number of hydrogen-bond donors (Lipinski definition) is 1. The van der Waals surface area contributed by atoms with Gasteiger partial charge in [0.2, 0.25) is 0 Å². The van der Waals surface area contributed by atoms with E-state index in [1.165, 1.54) is 12.1 Å². The molecule has 0 radical (unpaired) electrons. The van der Waals surface area contributed by atoms with Crippen LogP contribution in [0.25, 0.3) is 0 Å². The average Bonchev–Trinajstić information content (AvgIpc) is 2.47. The zero-order chi connectivity index (χ0) is 14.9. The molecule has 2 nitrogen and oxygen atoms in total. The Labute approximate surface area is 144 Å². The Hall–Kier alpha value is -1.43. The fourth-order valence-electron chi connectivity index (χ4n) is 2.45. The van der Waals surface area contributed by atoms with Gasteiger partial charge in [0.15, 0.2) is 0 Å². The predicted octanol–water partition coefficient (Wildman–Crippen LogP) is 4.77. The Morgan fingerprint density at radius 3 is 2.26 bits per heavy atom. The highest BCUT2D eigenvalue weighted by Crippen LogP contribution is 2.32. The van der Waals surface area contributed by atoms with Gasteiger partial charge in [0.05, 0.1) is 5.56 Å². The van der Waals surface area contributed by atoms with Crippen molar-refractivity contribution in [2.24, 2.45) is 0 Å². The van der Waals surface area contributed by atoms with Gasteiger partial charge in [-0.2, -0.15) is 13.2 Å². The molecule has 1 heterocycles. The van der Waals surface area contributed by atoms with Crippen LogP contribution in [0.2, 0.25) is 0 Å². The normalized spacial score (nSPS) is 16.6. The van der Waals surface area contributed by atoms with Gasteiger partial charge in [-0.3, -0.25) is 0 Å². The van der Waals surface area contributed by atoms with E-state index >= 15 is 0 Å². The third-order valence-electron chi connectivity index (χ3n) is 3.51. The number of alkyl halides is 3. The Morgan fingerprint density at radius 1 is 0.957 bits per heavy atom.